The van der Waals surface area contributed by atoms with Crippen molar-refractivity contribution >= 4 is 17.7 Å². The fourth-order valence-electron chi connectivity index (χ4n) is 1.64. The number of nitrogens with one attached hydrogen (secondary N) is 1. The first-order valence-electron chi connectivity index (χ1n) is 6.01. The highest BCUT2D eigenvalue weighted by Gasteiger charge is 2.31. The van der Waals surface area contributed by atoms with E-state index in [0.717, 1.165) is 17.9 Å². The molecule has 0 amide bonds. The van der Waals surface area contributed by atoms with E-state index >= 15 is 0 Å². The van der Waals surface area contributed by atoms with Gasteiger partial charge in [-0.25, -0.2) is 4.98 Å². The topological polar surface area (TPSA) is 75.4 Å². The van der Waals surface area contributed by atoms with Crippen LogP contribution in [-0.2, 0) is 4.79 Å². The number of carbonyl (C=O) groups is 1. The lowest BCUT2D eigenvalue weighted by Gasteiger charge is -2.25. The molecule has 0 fully saturated rings. The van der Waals surface area contributed by atoms with E-state index in [1.54, 1.807) is 13.2 Å². The summed E-state index contributed by atoms with van der Waals surface area (Å²) in [5.41, 5.74) is 0.0162. The van der Waals surface area contributed by atoms with E-state index in [1.807, 2.05) is 13.8 Å². The molecule has 1 heterocycles. The number of hydrogen-bond donors (Lipinski definition) is 2. The summed E-state index contributed by atoms with van der Waals surface area (Å²) in [6, 6.07) is 0. The molecule has 1 aromatic heterocycles. The maximum Gasteiger partial charge on any atom is 0.323 e. The molecule has 0 aliphatic rings. The Morgan fingerprint density at radius 2 is 2.39 bits per heavy atom. The Kier molecular flexibility index (Phi) is 5.68. The molecule has 1 aromatic rings. The van der Waals surface area contributed by atoms with E-state index in [0.29, 0.717) is 18.2 Å². The highest BCUT2D eigenvalue weighted by atomic mass is 32.2. The number of carboxylic acid groups (broad SMARTS) is 1. The number of rotatable bonds is 8. The van der Waals surface area contributed by atoms with Gasteiger partial charge in [-0.2, -0.15) is 0 Å². The molecule has 0 saturated carbocycles. The Balaban J connectivity index is 2.33. The normalized spacial score (nSPS) is 14.4. The highest BCUT2D eigenvalue weighted by Crippen LogP contribution is 2.21. The summed E-state index contributed by atoms with van der Waals surface area (Å²) in [6.45, 7) is 6.15. The lowest BCUT2D eigenvalue weighted by atomic mass is 9.96. The third kappa shape index (κ3) is 4.34. The van der Waals surface area contributed by atoms with E-state index in [4.69, 9.17) is 4.42 Å². The molecule has 102 valence electrons. The van der Waals surface area contributed by atoms with Gasteiger partial charge in [-0.05, 0) is 33.2 Å². The maximum absolute atomic E-state index is 11.2. The summed E-state index contributed by atoms with van der Waals surface area (Å²) in [5, 5.41) is 12.8. The number of likely N-dealkylation sites (N-methyl/N-ethyl adjacent to an activating group) is 1. The van der Waals surface area contributed by atoms with Gasteiger partial charge in [-0.3, -0.25) is 4.79 Å². The standard InChI is InChI=1S/C12H20N2O3S/c1-4-13-12(3,10(15)16)6-5-7-18-11-14-9(2)8-17-11/h8,13H,4-7H2,1-3H3,(H,15,16). The van der Waals surface area contributed by atoms with Gasteiger partial charge in [-0.1, -0.05) is 18.7 Å². The molecule has 1 rings (SSSR count). The van der Waals surface area contributed by atoms with Gasteiger partial charge < -0.3 is 14.8 Å². The van der Waals surface area contributed by atoms with Crippen LogP contribution in [-0.4, -0.2) is 33.9 Å². The molecular weight excluding hydrogens is 252 g/mol. The minimum atomic E-state index is -0.845. The van der Waals surface area contributed by atoms with Crippen molar-refractivity contribution in [2.45, 2.75) is 44.4 Å². The molecule has 6 heteroatoms. The predicted molar refractivity (Wildman–Crippen MR) is 70.9 cm³/mol. The van der Waals surface area contributed by atoms with Gasteiger partial charge in [0.1, 0.15) is 11.8 Å². The molecule has 1 atom stereocenters. The van der Waals surface area contributed by atoms with Gasteiger partial charge in [0.05, 0.1) is 5.69 Å². The largest absolute Gasteiger partial charge is 0.480 e. The Labute approximate surface area is 111 Å². The van der Waals surface area contributed by atoms with Crippen LogP contribution >= 0.6 is 11.8 Å². The number of carboxylic acids is 1. The second-order valence-corrected chi connectivity index (χ2v) is 5.42. The number of hydrogen-bond acceptors (Lipinski definition) is 5. The smallest absolute Gasteiger partial charge is 0.323 e. The van der Waals surface area contributed by atoms with Gasteiger partial charge in [0.15, 0.2) is 0 Å². The summed E-state index contributed by atoms with van der Waals surface area (Å²) in [4.78, 5) is 15.4. The van der Waals surface area contributed by atoms with Crippen molar-refractivity contribution in [1.29, 1.82) is 0 Å². The van der Waals surface area contributed by atoms with E-state index in [-0.39, 0.29) is 0 Å². The summed E-state index contributed by atoms with van der Waals surface area (Å²) < 4.78 is 5.21. The second kappa shape index (κ2) is 6.80. The van der Waals surface area contributed by atoms with Crippen molar-refractivity contribution in [2.24, 2.45) is 0 Å². The predicted octanol–water partition coefficient (Wildman–Crippen LogP) is 2.31. The lowest BCUT2D eigenvalue weighted by Crippen LogP contribution is -2.49. The van der Waals surface area contributed by atoms with Crippen LogP contribution in [0.2, 0.25) is 0 Å². The Bertz CT molecular complexity index is 394. The molecule has 5 nitrogen and oxygen atoms in total. The second-order valence-electron chi connectivity index (χ2n) is 4.37. The van der Waals surface area contributed by atoms with Gasteiger partial charge in [0.2, 0.25) is 0 Å². The molecule has 0 aromatic carbocycles. The lowest BCUT2D eigenvalue weighted by molar-refractivity contribution is -0.144. The fraction of sp³-hybridized carbons (Fsp3) is 0.667. The summed E-state index contributed by atoms with van der Waals surface area (Å²) in [7, 11) is 0. The van der Waals surface area contributed by atoms with Gasteiger partial charge in [-0.15, -0.1) is 0 Å². The van der Waals surface area contributed by atoms with Crippen LogP contribution in [0.15, 0.2) is 15.9 Å². The van der Waals surface area contributed by atoms with Crippen LogP contribution in [0.5, 0.6) is 0 Å². The van der Waals surface area contributed by atoms with E-state index in [1.165, 1.54) is 11.8 Å². The third-order valence-electron chi connectivity index (χ3n) is 2.68. The number of thioether (sulfide) groups is 1. The number of aromatic nitrogens is 1. The summed E-state index contributed by atoms with van der Waals surface area (Å²) >= 11 is 1.51. The number of aryl methyl sites for hydroxylation is 1. The summed E-state index contributed by atoms with van der Waals surface area (Å²) in [6.07, 6.45) is 2.99. The Morgan fingerprint density at radius 1 is 1.67 bits per heavy atom. The van der Waals surface area contributed by atoms with Crippen LogP contribution in [0.4, 0.5) is 0 Å². The molecule has 0 bridgehead atoms. The first-order valence-corrected chi connectivity index (χ1v) is 7.00. The van der Waals surface area contributed by atoms with Crippen LogP contribution in [0.1, 0.15) is 32.4 Å². The van der Waals surface area contributed by atoms with E-state index < -0.39 is 11.5 Å². The average Bonchev–Trinajstić information content (AvgIpc) is 2.71. The molecule has 0 aliphatic heterocycles. The van der Waals surface area contributed by atoms with Crippen LogP contribution in [0, 0.1) is 6.92 Å². The molecule has 2 N–H and O–H groups in total. The monoisotopic (exact) mass is 272 g/mol. The van der Waals surface area contributed by atoms with Crippen molar-refractivity contribution in [3.05, 3.63) is 12.0 Å². The number of oxazole rings is 1. The fourth-order valence-corrected chi connectivity index (χ4v) is 2.43. The zero-order valence-corrected chi connectivity index (χ0v) is 11.8. The van der Waals surface area contributed by atoms with E-state index in [9.17, 15) is 9.90 Å². The molecule has 0 aliphatic carbocycles. The Hall–Kier alpha value is -1.01. The van der Waals surface area contributed by atoms with Crippen LogP contribution in [0.3, 0.4) is 0 Å². The third-order valence-corrected chi connectivity index (χ3v) is 3.61. The van der Waals surface area contributed by atoms with Crippen molar-refractivity contribution in [3.63, 3.8) is 0 Å². The van der Waals surface area contributed by atoms with E-state index in [2.05, 4.69) is 10.3 Å². The van der Waals surface area contributed by atoms with Crippen molar-refractivity contribution < 1.29 is 14.3 Å². The summed E-state index contributed by atoms with van der Waals surface area (Å²) in [5.74, 6) is -0.00452. The average molecular weight is 272 g/mol. The minimum Gasteiger partial charge on any atom is -0.480 e. The maximum atomic E-state index is 11.2. The quantitative estimate of drug-likeness (QED) is 0.558. The van der Waals surface area contributed by atoms with Gasteiger partial charge in [0.25, 0.3) is 5.22 Å². The molecule has 18 heavy (non-hydrogen) atoms. The Morgan fingerprint density at radius 3 is 2.89 bits per heavy atom. The first-order chi connectivity index (χ1) is 8.48. The molecule has 0 spiro atoms. The zero-order valence-electron chi connectivity index (χ0n) is 11.0. The molecular formula is C12H20N2O3S. The zero-order chi connectivity index (χ0) is 13.6. The van der Waals surface area contributed by atoms with Crippen LogP contribution < -0.4 is 5.32 Å². The molecule has 0 saturated heterocycles. The highest BCUT2D eigenvalue weighted by molar-refractivity contribution is 7.99. The molecule has 0 radical (unpaired) electrons. The molecule has 1 unspecified atom stereocenters. The number of aliphatic carboxylic acids is 1. The van der Waals surface area contributed by atoms with Crippen molar-refractivity contribution in [1.82, 2.24) is 10.3 Å². The SMILES string of the molecule is CCNC(C)(CCCSc1nc(C)co1)C(=O)O. The van der Waals surface area contributed by atoms with Crippen LogP contribution in [0.25, 0.3) is 0 Å². The number of nitrogens with zero attached hydrogens (tertiary/aromatic N) is 1. The minimum absolute atomic E-state index is 0.586. The van der Waals surface area contributed by atoms with Crippen molar-refractivity contribution in [2.75, 3.05) is 12.3 Å². The first kappa shape index (κ1) is 15.0. The van der Waals surface area contributed by atoms with Crippen molar-refractivity contribution in [3.8, 4) is 0 Å². The van der Waals surface area contributed by atoms with Gasteiger partial charge in [0, 0.05) is 5.75 Å². The van der Waals surface area contributed by atoms with Gasteiger partial charge >= 0.3 is 5.97 Å².